The molecule has 5 nitrogen and oxygen atoms in total. The number of carbonyl (C=O) groups excluding carboxylic acids is 1. The Balaban J connectivity index is 2.31. The van der Waals surface area contributed by atoms with E-state index in [2.05, 4.69) is 5.32 Å². The number of hydrogen-bond acceptors (Lipinski definition) is 3. The number of nitrogens with two attached hydrogens (primary N) is 1. The maximum atomic E-state index is 11.7. The maximum absolute atomic E-state index is 11.7. The third-order valence-electron chi connectivity index (χ3n) is 2.62. The molecule has 0 aromatic carbocycles. The summed E-state index contributed by atoms with van der Waals surface area (Å²) in [5.41, 5.74) is 5.52. The van der Waals surface area contributed by atoms with Gasteiger partial charge in [-0.15, -0.1) is 0 Å². The van der Waals surface area contributed by atoms with Crippen molar-refractivity contribution < 1.29 is 9.53 Å². The summed E-state index contributed by atoms with van der Waals surface area (Å²) in [5.74, 6) is 0. The van der Waals surface area contributed by atoms with E-state index in [4.69, 9.17) is 10.5 Å². The number of likely N-dealkylation sites (tertiary alicyclic amines) is 1. The van der Waals surface area contributed by atoms with E-state index < -0.39 is 0 Å². The first-order chi connectivity index (χ1) is 7.27. The van der Waals surface area contributed by atoms with E-state index in [1.54, 1.807) is 7.11 Å². The number of urea groups is 1. The van der Waals surface area contributed by atoms with Crippen LogP contribution in [0.1, 0.15) is 19.3 Å². The molecule has 1 saturated heterocycles. The topological polar surface area (TPSA) is 67.6 Å². The first-order valence-electron chi connectivity index (χ1n) is 5.52. The van der Waals surface area contributed by atoms with Crippen LogP contribution >= 0.6 is 0 Å². The van der Waals surface area contributed by atoms with Gasteiger partial charge in [0.25, 0.3) is 0 Å². The molecule has 15 heavy (non-hydrogen) atoms. The lowest BCUT2D eigenvalue weighted by atomic mass is 10.1. The molecule has 1 heterocycles. The molecule has 0 radical (unpaired) electrons. The molecule has 1 unspecified atom stereocenters. The second-order valence-corrected chi connectivity index (χ2v) is 3.89. The SMILES string of the molecule is COCC(CN)NC(=O)N1CCCCC1. The zero-order chi connectivity index (χ0) is 11.1. The fourth-order valence-electron chi connectivity index (χ4n) is 1.73. The highest BCUT2D eigenvalue weighted by molar-refractivity contribution is 5.74. The molecule has 0 spiro atoms. The van der Waals surface area contributed by atoms with Gasteiger partial charge in [-0.25, -0.2) is 4.79 Å². The van der Waals surface area contributed by atoms with Crippen molar-refractivity contribution in [3.8, 4) is 0 Å². The maximum Gasteiger partial charge on any atom is 0.317 e. The molecule has 5 heteroatoms. The van der Waals surface area contributed by atoms with Gasteiger partial charge < -0.3 is 20.7 Å². The summed E-state index contributed by atoms with van der Waals surface area (Å²) in [7, 11) is 1.61. The van der Waals surface area contributed by atoms with Gasteiger partial charge in [0.05, 0.1) is 12.6 Å². The molecule has 1 aliphatic heterocycles. The highest BCUT2D eigenvalue weighted by Crippen LogP contribution is 2.08. The Morgan fingerprint density at radius 1 is 1.47 bits per heavy atom. The highest BCUT2D eigenvalue weighted by Gasteiger charge is 2.18. The first kappa shape index (κ1) is 12.3. The van der Waals surface area contributed by atoms with E-state index in [1.807, 2.05) is 4.90 Å². The van der Waals surface area contributed by atoms with Crippen molar-refractivity contribution in [3.05, 3.63) is 0 Å². The van der Waals surface area contributed by atoms with Crippen LogP contribution in [0.5, 0.6) is 0 Å². The summed E-state index contributed by atoms with van der Waals surface area (Å²) in [6.45, 7) is 2.59. The molecule has 1 aliphatic rings. The van der Waals surface area contributed by atoms with Crippen LogP contribution < -0.4 is 11.1 Å². The minimum Gasteiger partial charge on any atom is -0.383 e. The average Bonchev–Trinajstić information content (AvgIpc) is 2.29. The quantitative estimate of drug-likeness (QED) is 0.701. The number of amides is 2. The lowest BCUT2D eigenvalue weighted by Crippen LogP contribution is -2.50. The summed E-state index contributed by atoms with van der Waals surface area (Å²) in [5, 5.41) is 2.87. The van der Waals surface area contributed by atoms with E-state index in [-0.39, 0.29) is 12.1 Å². The van der Waals surface area contributed by atoms with Gasteiger partial charge in [-0.3, -0.25) is 0 Å². The molecular weight excluding hydrogens is 194 g/mol. The van der Waals surface area contributed by atoms with E-state index in [9.17, 15) is 4.79 Å². The molecule has 0 aliphatic carbocycles. The van der Waals surface area contributed by atoms with E-state index in [0.717, 1.165) is 25.9 Å². The number of methoxy groups -OCH3 is 1. The molecule has 1 rings (SSSR count). The Bertz CT molecular complexity index is 193. The Hall–Kier alpha value is -0.810. The van der Waals surface area contributed by atoms with E-state index in [0.29, 0.717) is 13.2 Å². The fourth-order valence-corrected chi connectivity index (χ4v) is 1.73. The Morgan fingerprint density at radius 2 is 2.13 bits per heavy atom. The van der Waals surface area contributed by atoms with E-state index >= 15 is 0 Å². The summed E-state index contributed by atoms with van der Waals surface area (Å²) in [6.07, 6.45) is 3.43. The van der Waals surface area contributed by atoms with Crippen molar-refractivity contribution in [1.82, 2.24) is 10.2 Å². The largest absolute Gasteiger partial charge is 0.383 e. The van der Waals surface area contributed by atoms with Gasteiger partial charge in [-0.1, -0.05) is 0 Å². The van der Waals surface area contributed by atoms with Crippen molar-refractivity contribution >= 4 is 6.03 Å². The molecule has 3 N–H and O–H groups in total. The van der Waals surface area contributed by atoms with Crippen LogP contribution in [-0.2, 0) is 4.74 Å². The molecule has 0 bridgehead atoms. The third-order valence-corrected chi connectivity index (χ3v) is 2.62. The number of hydrogen-bond donors (Lipinski definition) is 2. The monoisotopic (exact) mass is 215 g/mol. The Morgan fingerprint density at radius 3 is 2.67 bits per heavy atom. The molecule has 2 amide bonds. The van der Waals surface area contributed by atoms with Crippen molar-refractivity contribution in [2.75, 3.05) is 33.4 Å². The van der Waals surface area contributed by atoms with E-state index in [1.165, 1.54) is 6.42 Å². The van der Waals surface area contributed by atoms with Crippen molar-refractivity contribution in [2.45, 2.75) is 25.3 Å². The van der Waals surface area contributed by atoms with Gasteiger partial charge >= 0.3 is 6.03 Å². The Kier molecular flexibility index (Phi) is 5.42. The van der Waals surface area contributed by atoms with Gasteiger partial charge in [-0.05, 0) is 19.3 Å². The predicted molar refractivity (Wildman–Crippen MR) is 58.7 cm³/mol. The van der Waals surface area contributed by atoms with Crippen LogP contribution in [0.4, 0.5) is 4.79 Å². The predicted octanol–water partition coefficient (Wildman–Crippen LogP) is 0.156. The van der Waals surface area contributed by atoms with Crippen LogP contribution in [0, 0.1) is 0 Å². The molecule has 88 valence electrons. The van der Waals surface area contributed by atoms with Crippen LogP contribution in [-0.4, -0.2) is 50.3 Å². The number of nitrogens with zero attached hydrogens (tertiary/aromatic N) is 1. The molecule has 0 aromatic heterocycles. The van der Waals surface area contributed by atoms with Crippen LogP contribution in [0.15, 0.2) is 0 Å². The Labute approximate surface area is 90.9 Å². The van der Waals surface area contributed by atoms with Gasteiger partial charge in [0.2, 0.25) is 0 Å². The second-order valence-electron chi connectivity index (χ2n) is 3.89. The average molecular weight is 215 g/mol. The lowest BCUT2D eigenvalue weighted by Gasteiger charge is -2.28. The number of nitrogens with one attached hydrogen (secondary N) is 1. The van der Waals surface area contributed by atoms with Crippen LogP contribution in [0.2, 0.25) is 0 Å². The number of piperidine rings is 1. The van der Waals surface area contributed by atoms with Gasteiger partial charge in [0.15, 0.2) is 0 Å². The summed E-state index contributed by atoms with van der Waals surface area (Å²) < 4.78 is 4.97. The summed E-state index contributed by atoms with van der Waals surface area (Å²) >= 11 is 0. The standard InChI is InChI=1S/C10H21N3O2/c1-15-8-9(7-11)12-10(14)13-5-3-2-4-6-13/h9H,2-8,11H2,1H3,(H,12,14). The molecule has 1 fully saturated rings. The number of ether oxygens (including phenoxy) is 1. The molecule has 0 saturated carbocycles. The highest BCUT2D eigenvalue weighted by atomic mass is 16.5. The zero-order valence-electron chi connectivity index (χ0n) is 9.37. The zero-order valence-corrected chi connectivity index (χ0v) is 9.37. The third kappa shape index (κ3) is 4.05. The second kappa shape index (κ2) is 6.63. The molecule has 1 atom stereocenters. The minimum atomic E-state index is -0.0792. The van der Waals surface area contributed by atoms with Crippen molar-refractivity contribution in [1.29, 1.82) is 0 Å². The summed E-state index contributed by atoms with van der Waals surface area (Å²) in [4.78, 5) is 13.6. The van der Waals surface area contributed by atoms with Gasteiger partial charge in [0, 0.05) is 26.7 Å². The fraction of sp³-hybridized carbons (Fsp3) is 0.900. The van der Waals surface area contributed by atoms with Gasteiger partial charge in [0.1, 0.15) is 0 Å². The van der Waals surface area contributed by atoms with Crippen molar-refractivity contribution in [3.63, 3.8) is 0 Å². The summed E-state index contributed by atoms with van der Waals surface area (Å²) in [6, 6.07) is -0.0911. The van der Waals surface area contributed by atoms with Crippen LogP contribution in [0.25, 0.3) is 0 Å². The smallest absolute Gasteiger partial charge is 0.317 e. The normalized spacial score (nSPS) is 18.7. The van der Waals surface area contributed by atoms with Gasteiger partial charge in [-0.2, -0.15) is 0 Å². The number of carbonyl (C=O) groups is 1. The first-order valence-corrected chi connectivity index (χ1v) is 5.52. The molecular formula is C10H21N3O2. The molecule has 0 aromatic rings. The van der Waals surface area contributed by atoms with Crippen molar-refractivity contribution in [2.24, 2.45) is 5.73 Å². The lowest BCUT2D eigenvalue weighted by molar-refractivity contribution is 0.152. The van der Waals surface area contributed by atoms with Crippen LogP contribution in [0.3, 0.4) is 0 Å². The number of rotatable bonds is 4. The minimum absolute atomic E-state index is 0.0119.